The second kappa shape index (κ2) is 15.5. The van der Waals surface area contributed by atoms with Crippen LogP contribution in [0.1, 0.15) is 68.4 Å². The molecule has 3 aliphatic rings. The second-order valence-electron chi connectivity index (χ2n) is 20.0. The fraction of sp³-hybridized carbons (Fsp3) is 0.121. The zero-order valence-corrected chi connectivity index (χ0v) is 39.8. The number of hydrogen-bond donors (Lipinski definition) is 0. The number of anilines is 3. The first kappa shape index (κ1) is 40.7. The van der Waals surface area contributed by atoms with E-state index in [0.717, 1.165) is 29.9 Å². The molecule has 0 fully saturated rings. The van der Waals surface area contributed by atoms with Crippen molar-refractivity contribution in [1.82, 2.24) is 0 Å². The van der Waals surface area contributed by atoms with Gasteiger partial charge in [0.15, 0.2) is 0 Å². The van der Waals surface area contributed by atoms with Gasteiger partial charge in [0.05, 0.1) is 0 Å². The van der Waals surface area contributed by atoms with Crippen LogP contribution >= 0.6 is 11.3 Å². The maximum Gasteiger partial charge on any atom is 0.0465 e. The Morgan fingerprint density at radius 3 is 1.71 bits per heavy atom. The van der Waals surface area contributed by atoms with E-state index in [1.165, 1.54) is 109 Å². The van der Waals surface area contributed by atoms with Gasteiger partial charge in [-0.25, -0.2) is 0 Å². The predicted molar refractivity (Wildman–Crippen MR) is 292 cm³/mol. The van der Waals surface area contributed by atoms with Crippen LogP contribution in [0.25, 0.3) is 81.4 Å². The van der Waals surface area contributed by atoms with E-state index in [-0.39, 0.29) is 10.8 Å². The minimum absolute atomic E-state index is 0.123. The van der Waals surface area contributed by atoms with Crippen molar-refractivity contribution >= 4 is 54.1 Å². The smallest absolute Gasteiger partial charge is 0.0465 e. The monoisotopic (exact) mass is 889 g/mol. The van der Waals surface area contributed by atoms with Gasteiger partial charge in [-0.2, -0.15) is 0 Å². The van der Waals surface area contributed by atoms with Crippen molar-refractivity contribution in [2.45, 2.75) is 51.4 Å². The summed E-state index contributed by atoms with van der Waals surface area (Å²) in [5.74, 6) is 0. The van der Waals surface area contributed by atoms with Crippen LogP contribution in [0.3, 0.4) is 0 Å². The normalized spacial score (nSPS) is 14.9. The molecule has 326 valence electrons. The van der Waals surface area contributed by atoms with Gasteiger partial charge in [-0.3, -0.25) is 0 Å². The summed E-state index contributed by atoms with van der Waals surface area (Å²) in [4.78, 5) is 2.44. The molecule has 1 nitrogen and oxygen atoms in total. The van der Waals surface area contributed by atoms with Crippen molar-refractivity contribution < 1.29 is 0 Å². The van der Waals surface area contributed by atoms with Gasteiger partial charge in [-0.15, -0.1) is 11.3 Å². The van der Waals surface area contributed by atoms with Gasteiger partial charge in [0.25, 0.3) is 0 Å². The quantitative estimate of drug-likeness (QED) is 0.154. The number of hydrogen-bond acceptors (Lipinski definition) is 2. The highest BCUT2D eigenvalue weighted by Crippen LogP contribution is 2.58. The first-order chi connectivity index (χ1) is 33.2. The van der Waals surface area contributed by atoms with Crippen LogP contribution < -0.4 is 4.90 Å². The minimum atomic E-state index is -0.218. The first-order valence-corrected chi connectivity index (χ1v) is 24.9. The highest BCUT2D eigenvalue weighted by molar-refractivity contribution is 7.25. The molecule has 9 aromatic carbocycles. The van der Waals surface area contributed by atoms with Crippen molar-refractivity contribution in [1.29, 1.82) is 0 Å². The second-order valence-corrected chi connectivity index (χ2v) is 21.1. The van der Waals surface area contributed by atoms with Gasteiger partial charge in [-0.05, 0) is 163 Å². The van der Waals surface area contributed by atoms with Gasteiger partial charge < -0.3 is 4.90 Å². The lowest BCUT2D eigenvalue weighted by Crippen LogP contribution is -2.17. The maximum atomic E-state index is 2.55. The Balaban J connectivity index is 0.897. The van der Waals surface area contributed by atoms with Gasteiger partial charge in [0.2, 0.25) is 0 Å². The highest BCUT2D eigenvalue weighted by atomic mass is 32.1. The van der Waals surface area contributed by atoms with E-state index < -0.39 is 0 Å². The zero-order chi connectivity index (χ0) is 45.7. The molecule has 0 spiro atoms. The summed E-state index contributed by atoms with van der Waals surface area (Å²) in [6, 6.07) is 73.1. The van der Waals surface area contributed by atoms with Crippen molar-refractivity contribution in [3.63, 3.8) is 0 Å². The van der Waals surface area contributed by atoms with Crippen LogP contribution in [-0.2, 0) is 10.8 Å². The third kappa shape index (κ3) is 6.42. The average molecular weight is 890 g/mol. The summed E-state index contributed by atoms with van der Waals surface area (Å²) in [7, 11) is 0. The van der Waals surface area contributed by atoms with Crippen molar-refractivity contribution in [3.8, 4) is 55.6 Å². The molecule has 13 rings (SSSR count). The largest absolute Gasteiger partial charge is 0.310 e. The molecule has 1 heterocycles. The van der Waals surface area contributed by atoms with Crippen LogP contribution in [0.5, 0.6) is 0 Å². The molecule has 10 aromatic rings. The minimum Gasteiger partial charge on any atom is -0.310 e. The maximum absolute atomic E-state index is 2.55. The average Bonchev–Trinajstić information content (AvgIpc) is 3.95. The Morgan fingerprint density at radius 2 is 0.971 bits per heavy atom. The van der Waals surface area contributed by atoms with E-state index in [9.17, 15) is 0 Å². The Labute approximate surface area is 404 Å². The highest BCUT2D eigenvalue weighted by Gasteiger charge is 2.42. The standard InChI is InChI=1S/C66H51NS/c1-65(2)58-20-13-19-52(47-16-9-6-10-17-47)64(58)57-41-60-56(40-61(57)65)53-37-35-51(39-59(53)66(60,3)4)67(49-31-26-45(27-32-49)44-24-22-43(23-25-44)42-14-7-5-8-15-42)50-33-28-46(29-34-50)48-30-36-55-54-18-11-12-21-62(54)68-63(55)38-48/h6-7,9-41H,5,8H2,1-4H3. The number of thiophene rings is 1. The molecular weight excluding hydrogens is 839 g/mol. The summed E-state index contributed by atoms with van der Waals surface area (Å²) in [6.07, 6.45) is 9.12. The lowest BCUT2D eigenvalue weighted by Gasteiger charge is -2.28. The Bertz CT molecular complexity index is 3690. The van der Waals surface area contributed by atoms with E-state index in [1.807, 2.05) is 11.3 Å². The van der Waals surface area contributed by atoms with Crippen LogP contribution in [0.2, 0.25) is 0 Å². The van der Waals surface area contributed by atoms with Crippen LogP contribution in [0.4, 0.5) is 17.1 Å². The fourth-order valence-electron chi connectivity index (χ4n) is 11.6. The molecule has 0 amide bonds. The van der Waals surface area contributed by atoms with Gasteiger partial charge in [0.1, 0.15) is 0 Å². The summed E-state index contributed by atoms with van der Waals surface area (Å²) < 4.78 is 2.66. The summed E-state index contributed by atoms with van der Waals surface area (Å²) in [5.41, 5.74) is 24.1. The molecule has 3 aliphatic carbocycles. The number of rotatable bonds is 7. The molecule has 68 heavy (non-hydrogen) atoms. The summed E-state index contributed by atoms with van der Waals surface area (Å²) in [6.45, 7) is 9.65. The zero-order valence-electron chi connectivity index (χ0n) is 39.0. The summed E-state index contributed by atoms with van der Waals surface area (Å²) >= 11 is 1.87. The molecular formula is C66H51NS. The van der Waals surface area contributed by atoms with E-state index in [2.05, 4.69) is 245 Å². The molecule has 0 N–H and O–H groups in total. The SMILES string of the molecule is CC1(C)c2cc(N(c3ccc(-c4ccc(C5=CCCC=C5)cc4)cc3)c3ccc(-c4ccc5c(c4)sc4ccccc45)cc3)ccc2-c2cc3c(cc21)-c1c(-c2ccccc2)cccc1C3(C)C. The van der Waals surface area contributed by atoms with Crippen molar-refractivity contribution in [2.75, 3.05) is 4.90 Å². The topological polar surface area (TPSA) is 3.24 Å². The van der Waals surface area contributed by atoms with Gasteiger partial charge in [-0.1, -0.05) is 179 Å². The Hall–Kier alpha value is -7.52. The van der Waals surface area contributed by atoms with Gasteiger partial charge in [0, 0.05) is 48.1 Å². The van der Waals surface area contributed by atoms with Crippen molar-refractivity contribution in [3.05, 3.63) is 240 Å². The van der Waals surface area contributed by atoms with E-state index in [0.29, 0.717) is 0 Å². The van der Waals surface area contributed by atoms with E-state index in [1.54, 1.807) is 0 Å². The molecule has 0 radical (unpaired) electrons. The van der Waals surface area contributed by atoms with Crippen LogP contribution in [-0.4, -0.2) is 0 Å². The third-order valence-corrected chi connectivity index (χ3v) is 16.5. The molecule has 2 heteroatoms. The number of nitrogens with zero attached hydrogens (tertiary/aromatic N) is 1. The molecule has 0 aliphatic heterocycles. The van der Waals surface area contributed by atoms with Crippen LogP contribution in [0, 0.1) is 0 Å². The third-order valence-electron chi connectivity index (χ3n) is 15.3. The number of benzene rings is 9. The number of fused-ring (bicyclic) bond motifs is 9. The van der Waals surface area contributed by atoms with Gasteiger partial charge >= 0.3 is 0 Å². The lowest BCUT2D eigenvalue weighted by atomic mass is 9.79. The molecule has 0 atom stereocenters. The Kier molecular flexibility index (Phi) is 9.30. The Morgan fingerprint density at radius 1 is 0.382 bits per heavy atom. The van der Waals surface area contributed by atoms with E-state index >= 15 is 0 Å². The molecule has 0 saturated heterocycles. The fourth-order valence-corrected chi connectivity index (χ4v) is 12.8. The molecule has 0 bridgehead atoms. The van der Waals surface area contributed by atoms with Crippen molar-refractivity contribution in [2.24, 2.45) is 0 Å². The van der Waals surface area contributed by atoms with E-state index in [4.69, 9.17) is 0 Å². The van der Waals surface area contributed by atoms with Crippen LogP contribution in [0.15, 0.2) is 212 Å². The lowest BCUT2D eigenvalue weighted by molar-refractivity contribution is 0.652. The molecule has 0 unspecified atom stereocenters. The number of allylic oxidation sites excluding steroid dienone is 4. The first-order valence-electron chi connectivity index (χ1n) is 24.1. The summed E-state index contributed by atoms with van der Waals surface area (Å²) in [5, 5.41) is 2.66. The molecule has 0 saturated carbocycles. The molecule has 1 aromatic heterocycles. The predicted octanol–water partition coefficient (Wildman–Crippen LogP) is 18.9.